The van der Waals surface area contributed by atoms with E-state index in [1.807, 2.05) is 19.2 Å². The highest BCUT2D eigenvalue weighted by Gasteiger charge is 2.16. The number of hydrogen-bond donors (Lipinski definition) is 2. The third-order valence-corrected chi connectivity index (χ3v) is 5.87. The van der Waals surface area contributed by atoms with E-state index in [9.17, 15) is 4.79 Å². The summed E-state index contributed by atoms with van der Waals surface area (Å²) in [5.74, 6) is 0. The first kappa shape index (κ1) is 19.8. The number of rotatable bonds is 7. The van der Waals surface area contributed by atoms with Crippen LogP contribution < -0.4 is 10.6 Å². The molecule has 1 fully saturated rings. The normalized spacial score (nSPS) is 15.6. The molecule has 7 heteroatoms. The second-order valence-electron chi connectivity index (χ2n) is 6.86. The lowest BCUT2D eigenvalue weighted by molar-refractivity contribution is 0.131. The molecule has 3 rings (SSSR count). The molecule has 2 aromatic rings. The smallest absolute Gasteiger partial charge is 0.315 e. The van der Waals surface area contributed by atoms with E-state index in [0.717, 1.165) is 49.2 Å². The summed E-state index contributed by atoms with van der Waals surface area (Å²) in [6.45, 7) is 11.8. The van der Waals surface area contributed by atoms with Gasteiger partial charge in [-0.1, -0.05) is 31.2 Å². The van der Waals surface area contributed by atoms with Crippen LogP contribution in [-0.2, 0) is 19.6 Å². The molecule has 1 aliphatic rings. The molecule has 0 bridgehead atoms. The van der Waals surface area contributed by atoms with Gasteiger partial charge in [0.2, 0.25) is 0 Å². The Bertz CT molecular complexity index is 739. The number of thiazole rings is 1. The number of aromatic nitrogens is 1. The Labute approximate surface area is 165 Å². The Kier molecular flexibility index (Phi) is 7.20. The largest absolute Gasteiger partial charge is 0.334 e. The fraction of sp³-hybridized carbons (Fsp3) is 0.500. The Balaban J connectivity index is 1.48. The molecule has 1 saturated heterocycles. The van der Waals surface area contributed by atoms with Crippen LogP contribution in [0, 0.1) is 6.92 Å². The van der Waals surface area contributed by atoms with Gasteiger partial charge in [-0.15, -0.1) is 11.3 Å². The van der Waals surface area contributed by atoms with Gasteiger partial charge in [-0.3, -0.25) is 4.90 Å². The van der Waals surface area contributed by atoms with Crippen molar-refractivity contribution in [2.24, 2.45) is 0 Å². The predicted molar refractivity (Wildman–Crippen MR) is 110 cm³/mol. The molecule has 6 nitrogen and oxygen atoms in total. The third kappa shape index (κ3) is 6.02. The van der Waals surface area contributed by atoms with Gasteiger partial charge in [0.05, 0.1) is 11.6 Å². The van der Waals surface area contributed by atoms with Gasteiger partial charge in [0.15, 0.2) is 0 Å². The lowest BCUT2D eigenvalue weighted by Gasteiger charge is -2.34. The highest BCUT2D eigenvalue weighted by atomic mass is 32.1. The number of carbonyl (C=O) groups is 1. The van der Waals surface area contributed by atoms with Crippen LogP contribution in [0.5, 0.6) is 0 Å². The van der Waals surface area contributed by atoms with Crippen LogP contribution >= 0.6 is 11.3 Å². The monoisotopic (exact) mass is 387 g/mol. The summed E-state index contributed by atoms with van der Waals surface area (Å²) in [7, 11) is 0. The molecule has 0 unspecified atom stereocenters. The van der Waals surface area contributed by atoms with E-state index in [4.69, 9.17) is 0 Å². The molecule has 0 spiro atoms. The summed E-state index contributed by atoms with van der Waals surface area (Å²) in [6, 6.07) is 8.24. The molecule has 2 N–H and O–H groups in total. The maximum atomic E-state index is 12.1. The van der Waals surface area contributed by atoms with Crippen molar-refractivity contribution in [1.29, 1.82) is 0 Å². The Morgan fingerprint density at radius 1 is 1.07 bits per heavy atom. The van der Waals surface area contributed by atoms with Crippen molar-refractivity contribution in [2.75, 3.05) is 32.7 Å². The number of benzene rings is 1. The molecule has 1 aromatic heterocycles. The van der Waals surface area contributed by atoms with E-state index < -0.39 is 0 Å². The zero-order valence-corrected chi connectivity index (χ0v) is 17.0. The zero-order valence-electron chi connectivity index (χ0n) is 16.2. The second-order valence-corrected chi connectivity index (χ2v) is 8.18. The molecule has 27 heavy (non-hydrogen) atoms. The van der Waals surface area contributed by atoms with Gasteiger partial charge < -0.3 is 15.5 Å². The van der Waals surface area contributed by atoms with E-state index in [1.165, 1.54) is 11.1 Å². The minimum Gasteiger partial charge on any atom is -0.334 e. The van der Waals surface area contributed by atoms with Crippen molar-refractivity contribution < 1.29 is 4.79 Å². The van der Waals surface area contributed by atoms with E-state index in [0.29, 0.717) is 13.1 Å². The minimum absolute atomic E-state index is 0.146. The van der Waals surface area contributed by atoms with Crippen molar-refractivity contribution in [1.82, 2.24) is 25.4 Å². The molecule has 0 atom stereocenters. The predicted octanol–water partition coefficient (Wildman–Crippen LogP) is 2.59. The van der Waals surface area contributed by atoms with Crippen molar-refractivity contribution in [3.63, 3.8) is 0 Å². The van der Waals surface area contributed by atoms with Crippen LogP contribution in [0.25, 0.3) is 0 Å². The topological polar surface area (TPSA) is 60.5 Å². The quantitative estimate of drug-likeness (QED) is 0.767. The molecule has 1 aliphatic heterocycles. The number of likely N-dealkylation sites (N-methyl/N-ethyl adjacent to an activating group) is 1. The molecule has 2 heterocycles. The Morgan fingerprint density at radius 2 is 1.74 bits per heavy atom. The molecular weight excluding hydrogens is 358 g/mol. The van der Waals surface area contributed by atoms with Crippen LogP contribution in [-0.4, -0.2) is 53.5 Å². The molecule has 0 saturated carbocycles. The summed E-state index contributed by atoms with van der Waals surface area (Å²) >= 11 is 1.61. The molecule has 1 aromatic carbocycles. The molecule has 0 aliphatic carbocycles. The SMILES string of the molecule is CCN1CCN(Cc2ccccc2CNC(=O)NCc2cnc(C)s2)CC1. The number of nitrogens with zero attached hydrogens (tertiary/aromatic N) is 3. The van der Waals surface area contributed by atoms with Crippen molar-refractivity contribution in [2.45, 2.75) is 33.5 Å². The third-order valence-electron chi connectivity index (χ3n) is 4.96. The van der Waals surface area contributed by atoms with Gasteiger partial charge in [-0.05, 0) is 24.6 Å². The molecule has 0 radical (unpaired) electrons. The number of urea groups is 1. The van der Waals surface area contributed by atoms with Crippen LogP contribution in [0.4, 0.5) is 4.79 Å². The van der Waals surface area contributed by atoms with E-state index in [-0.39, 0.29) is 6.03 Å². The Morgan fingerprint density at radius 3 is 2.41 bits per heavy atom. The number of amides is 2. The van der Waals surface area contributed by atoms with Crippen LogP contribution in [0.3, 0.4) is 0 Å². The lowest BCUT2D eigenvalue weighted by atomic mass is 10.1. The van der Waals surface area contributed by atoms with Crippen molar-refractivity contribution >= 4 is 17.4 Å². The lowest BCUT2D eigenvalue weighted by Crippen LogP contribution is -2.45. The first-order valence-corrected chi connectivity index (χ1v) is 10.4. The first-order valence-electron chi connectivity index (χ1n) is 9.58. The van der Waals surface area contributed by atoms with Crippen LogP contribution in [0.2, 0.25) is 0 Å². The van der Waals surface area contributed by atoms with Crippen LogP contribution in [0.15, 0.2) is 30.5 Å². The maximum absolute atomic E-state index is 12.1. The zero-order chi connectivity index (χ0) is 19.1. The molecule has 146 valence electrons. The first-order chi connectivity index (χ1) is 13.1. The average Bonchev–Trinajstić information content (AvgIpc) is 3.11. The second kappa shape index (κ2) is 9.82. The van der Waals surface area contributed by atoms with Gasteiger partial charge in [0.25, 0.3) is 0 Å². The standard InChI is InChI=1S/C20H29N5OS/c1-3-24-8-10-25(11-9-24)15-18-7-5-4-6-17(18)12-22-20(26)23-14-19-13-21-16(2)27-19/h4-7,13H,3,8-12,14-15H2,1-2H3,(H2,22,23,26). The van der Waals surface area contributed by atoms with Gasteiger partial charge >= 0.3 is 6.03 Å². The number of piperazine rings is 1. The van der Waals surface area contributed by atoms with Gasteiger partial charge in [0.1, 0.15) is 0 Å². The van der Waals surface area contributed by atoms with Crippen molar-refractivity contribution in [3.05, 3.63) is 51.5 Å². The van der Waals surface area contributed by atoms with Gasteiger partial charge in [-0.25, -0.2) is 9.78 Å². The van der Waals surface area contributed by atoms with Crippen LogP contribution in [0.1, 0.15) is 27.9 Å². The van der Waals surface area contributed by atoms with Gasteiger partial charge in [0, 0.05) is 50.3 Å². The van der Waals surface area contributed by atoms with E-state index >= 15 is 0 Å². The summed E-state index contributed by atoms with van der Waals surface area (Å²) < 4.78 is 0. The van der Waals surface area contributed by atoms with Gasteiger partial charge in [-0.2, -0.15) is 0 Å². The summed E-state index contributed by atoms with van der Waals surface area (Å²) in [4.78, 5) is 22.4. The maximum Gasteiger partial charge on any atom is 0.315 e. The van der Waals surface area contributed by atoms with E-state index in [2.05, 4.69) is 50.5 Å². The highest BCUT2D eigenvalue weighted by Crippen LogP contribution is 2.14. The number of hydrogen-bond acceptors (Lipinski definition) is 5. The summed E-state index contributed by atoms with van der Waals surface area (Å²) in [6.07, 6.45) is 1.81. The number of carbonyl (C=O) groups excluding carboxylic acids is 1. The summed E-state index contributed by atoms with van der Waals surface area (Å²) in [5, 5.41) is 6.89. The fourth-order valence-corrected chi connectivity index (χ4v) is 4.02. The van der Waals surface area contributed by atoms with E-state index in [1.54, 1.807) is 11.3 Å². The summed E-state index contributed by atoms with van der Waals surface area (Å²) in [5.41, 5.74) is 2.47. The average molecular weight is 388 g/mol. The number of aryl methyl sites for hydroxylation is 1. The fourth-order valence-electron chi connectivity index (χ4n) is 3.28. The molecular formula is C20H29N5OS. The Hall–Kier alpha value is -1.96. The highest BCUT2D eigenvalue weighted by molar-refractivity contribution is 7.11. The van der Waals surface area contributed by atoms with Crippen molar-refractivity contribution in [3.8, 4) is 0 Å². The number of nitrogens with one attached hydrogen (secondary N) is 2. The molecule has 2 amide bonds. The minimum atomic E-state index is -0.146.